The maximum atomic E-state index is 13.1. The van der Waals surface area contributed by atoms with Crippen molar-refractivity contribution < 1.29 is 9.53 Å². The Labute approximate surface area is 183 Å². The van der Waals surface area contributed by atoms with Gasteiger partial charge in [-0.3, -0.25) is 4.79 Å². The van der Waals surface area contributed by atoms with Crippen molar-refractivity contribution in [2.75, 3.05) is 11.9 Å². The van der Waals surface area contributed by atoms with Gasteiger partial charge in [-0.05, 0) is 43.5 Å². The van der Waals surface area contributed by atoms with Gasteiger partial charge in [0.1, 0.15) is 11.2 Å². The Bertz CT molecular complexity index is 1450. The van der Waals surface area contributed by atoms with E-state index in [4.69, 9.17) is 4.74 Å². The lowest BCUT2D eigenvalue weighted by Gasteiger charge is -2.05. The SMILES string of the molecule is CCOc1ncnc2sc(C(=O)Nc3ccc4c(c3)[nH]c3c(CC)cccc34)c(C)c12. The number of carbonyl (C=O) groups is 1. The van der Waals surface area contributed by atoms with E-state index in [1.54, 1.807) is 0 Å². The second-order valence-electron chi connectivity index (χ2n) is 7.38. The fourth-order valence-corrected chi connectivity index (χ4v) is 5.09. The monoisotopic (exact) mass is 430 g/mol. The first-order chi connectivity index (χ1) is 15.1. The number of amides is 1. The maximum absolute atomic E-state index is 13.1. The molecule has 156 valence electrons. The molecule has 0 bridgehead atoms. The average molecular weight is 431 g/mol. The minimum atomic E-state index is -0.160. The topological polar surface area (TPSA) is 79.9 Å². The highest BCUT2D eigenvalue weighted by Gasteiger charge is 2.20. The van der Waals surface area contributed by atoms with E-state index in [0.29, 0.717) is 17.4 Å². The van der Waals surface area contributed by atoms with Crippen molar-refractivity contribution in [3.8, 4) is 5.88 Å². The molecule has 2 aromatic carbocycles. The molecule has 0 unspecified atom stereocenters. The van der Waals surface area contributed by atoms with Gasteiger partial charge in [0.05, 0.1) is 16.9 Å². The maximum Gasteiger partial charge on any atom is 0.266 e. The molecule has 7 heteroatoms. The fourth-order valence-electron chi connectivity index (χ4n) is 4.05. The molecule has 0 saturated heterocycles. The minimum Gasteiger partial charge on any atom is -0.477 e. The Morgan fingerprint density at radius 2 is 2.03 bits per heavy atom. The zero-order valence-corrected chi connectivity index (χ0v) is 18.4. The number of rotatable bonds is 5. The van der Waals surface area contributed by atoms with E-state index in [9.17, 15) is 4.79 Å². The van der Waals surface area contributed by atoms with Crippen LogP contribution in [-0.2, 0) is 6.42 Å². The van der Waals surface area contributed by atoms with Gasteiger partial charge in [0.25, 0.3) is 5.91 Å². The number of hydrogen-bond donors (Lipinski definition) is 2. The first kappa shape index (κ1) is 19.5. The van der Waals surface area contributed by atoms with Crippen LogP contribution < -0.4 is 10.1 Å². The third-order valence-electron chi connectivity index (χ3n) is 5.54. The van der Waals surface area contributed by atoms with Crippen molar-refractivity contribution in [3.05, 3.63) is 58.7 Å². The molecule has 0 aliphatic rings. The predicted octanol–water partition coefficient (Wildman–Crippen LogP) is 5.85. The van der Waals surface area contributed by atoms with Gasteiger partial charge in [-0.15, -0.1) is 11.3 Å². The van der Waals surface area contributed by atoms with Crippen LogP contribution >= 0.6 is 11.3 Å². The molecule has 31 heavy (non-hydrogen) atoms. The van der Waals surface area contributed by atoms with Crippen LogP contribution in [0.15, 0.2) is 42.7 Å². The summed E-state index contributed by atoms with van der Waals surface area (Å²) in [6.45, 7) is 6.48. The molecular weight excluding hydrogens is 408 g/mol. The van der Waals surface area contributed by atoms with Crippen molar-refractivity contribution in [1.29, 1.82) is 0 Å². The number of nitrogens with one attached hydrogen (secondary N) is 2. The molecule has 2 N–H and O–H groups in total. The second-order valence-corrected chi connectivity index (χ2v) is 8.38. The van der Waals surface area contributed by atoms with E-state index in [1.807, 2.05) is 26.0 Å². The van der Waals surface area contributed by atoms with Crippen LogP contribution in [0.5, 0.6) is 5.88 Å². The summed E-state index contributed by atoms with van der Waals surface area (Å²) >= 11 is 1.35. The molecule has 5 aromatic rings. The summed E-state index contributed by atoms with van der Waals surface area (Å²) in [6.07, 6.45) is 2.44. The molecule has 3 aromatic heterocycles. The molecule has 0 atom stereocenters. The number of aromatic amines is 1. The predicted molar refractivity (Wildman–Crippen MR) is 126 cm³/mol. The highest BCUT2D eigenvalue weighted by atomic mass is 32.1. The van der Waals surface area contributed by atoms with E-state index in [-0.39, 0.29) is 5.91 Å². The van der Waals surface area contributed by atoms with Gasteiger partial charge in [0, 0.05) is 27.5 Å². The number of thiophene rings is 1. The summed E-state index contributed by atoms with van der Waals surface area (Å²) in [5.74, 6) is 0.360. The number of H-pyrrole nitrogens is 1. The molecule has 1 amide bonds. The number of hydrogen-bond acceptors (Lipinski definition) is 5. The Kier molecular flexibility index (Phi) is 4.82. The lowest BCUT2D eigenvalue weighted by Crippen LogP contribution is -2.11. The van der Waals surface area contributed by atoms with E-state index in [1.165, 1.54) is 28.6 Å². The van der Waals surface area contributed by atoms with Gasteiger partial charge in [0.15, 0.2) is 0 Å². The number of anilines is 1. The number of aromatic nitrogens is 3. The molecule has 0 radical (unpaired) electrons. The molecule has 0 fully saturated rings. The Hall–Kier alpha value is -3.45. The van der Waals surface area contributed by atoms with Crippen LogP contribution in [0.1, 0.15) is 34.6 Å². The van der Waals surface area contributed by atoms with Gasteiger partial charge in [-0.1, -0.05) is 31.2 Å². The first-order valence-electron chi connectivity index (χ1n) is 10.3. The Balaban J connectivity index is 1.51. The van der Waals surface area contributed by atoms with Gasteiger partial charge >= 0.3 is 0 Å². The third-order valence-corrected chi connectivity index (χ3v) is 6.74. The normalized spacial score (nSPS) is 11.5. The number of ether oxygens (including phenoxy) is 1. The van der Waals surface area contributed by atoms with Crippen molar-refractivity contribution >= 4 is 55.0 Å². The highest BCUT2D eigenvalue weighted by Crippen LogP contribution is 2.35. The van der Waals surface area contributed by atoms with E-state index >= 15 is 0 Å². The number of para-hydroxylation sites is 1. The number of benzene rings is 2. The quantitative estimate of drug-likeness (QED) is 0.367. The number of nitrogens with zero attached hydrogens (tertiary/aromatic N) is 2. The average Bonchev–Trinajstić information content (AvgIpc) is 3.32. The lowest BCUT2D eigenvalue weighted by molar-refractivity contribution is 0.103. The molecule has 0 aliphatic heterocycles. The summed E-state index contributed by atoms with van der Waals surface area (Å²) in [4.78, 5) is 26.5. The lowest BCUT2D eigenvalue weighted by atomic mass is 10.1. The van der Waals surface area contributed by atoms with E-state index < -0.39 is 0 Å². The van der Waals surface area contributed by atoms with Gasteiger partial charge < -0.3 is 15.0 Å². The van der Waals surface area contributed by atoms with Crippen molar-refractivity contribution in [1.82, 2.24) is 15.0 Å². The minimum absolute atomic E-state index is 0.160. The molecule has 0 aliphatic carbocycles. The third kappa shape index (κ3) is 3.21. The Morgan fingerprint density at radius 1 is 1.16 bits per heavy atom. The van der Waals surface area contributed by atoms with Crippen LogP contribution in [-0.4, -0.2) is 27.5 Å². The first-order valence-corrected chi connectivity index (χ1v) is 11.1. The van der Waals surface area contributed by atoms with Gasteiger partial charge in [-0.2, -0.15) is 0 Å². The highest BCUT2D eigenvalue weighted by molar-refractivity contribution is 7.20. The van der Waals surface area contributed by atoms with Crippen LogP contribution in [0, 0.1) is 6.92 Å². The van der Waals surface area contributed by atoms with Crippen LogP contribution in [0.25, 0.3) is 32.0 Å². The van der Waals surface area contributed by atoms with Crippen molar-refractivity contribution in [3.63, 3.8) is 0 Å². The number of carbonyl (C=O) groups excluding carboxylic acids is 1. The molecule has 6 nitrogen and oxygen atoms in total. The van der Waals surface area contributed by atoms with Crippen molar-refractivity contribution in [2.24, 2.45) is 0 Å². The molecule has 5 rings (SSSR count). The summed E-state index contributed by atoms with van der Waals surface area (Å²) in [6, 6.07) is 12.3. The van der Waals surface area contributed by atoms with Crippen LogP contribution in [0.2, 0.25) is 0 Å². The Morgan fingerprint density at radius 3 is 2.84 bits per heavy atom. The number of aryl methyl sites for hydroxylation is 2. The van der Waals surface area contributed by atoms with Crippen molar-refractivity contribution in [2.45, 2.75) is 27.2 Å². The largest absolute Gasteiger partial charge is 0.477 e. The summed E-state index contributed by atoms with van der Waals surface area (Å²) in [5.41, 5.74) is 5.03. The second kappa shape index (κ2) is 7.67. The summed E-state index contributed by atoms with van der Waals surface area (Å²) in [7, 11) is 0. The van der Waals surface area contributed by atoms with Crippen LogP contribution in [0.4, 0.5) is 5.69 Å². The van der Waals surface area contributed by atoms with Gasteiger partial charge in [0.2, 0.25) is 5.88 Å². The fraction of sp³-hybridized carbons (Fsp3) is 0.208. The zero-order valence-electron chi connectivity index (χ0n) is 17.6. The summed E-state index contributed by atoms with van der Waals surface area (Å²) < 4.78 is 5.63. The standard InChI is InChI=1S/C24H22N4O2S/c1-4-14-7-6-8-17-16-10-9-15(11-18(16)28-20(14)17)27-22(29)21-13(3)19-23(30-5-2)25-12-26-24(19)31-21/h6-12,28H,4-5H2,1-3H3,(H,27,29). The zero-order chi connectivity index (χ0) is 21.5. The van der Waals surface area contributed by atoms with E-state index in [2.05, 4.69) is 51.5 Å². The van der Waals surface area contributed by atoms with Gasteiger partial charge in [-0.25, -0.2) is 9.97 Å². The van der Waals surface area contributed by atoms with Crippen LogP contribution in [0.3, 0.4) is 0 Å². The molecule has 3 heterocycles. The van der Waals surface area contributed by atoms with E-state index in [0.717, 1.165) is 44.3 Å². The molecule has 0 spiro atoms. The summed E-state index contributed by atoms with van der Waals surface area (Å²) in [5, 5.41) is 6.20. The smallest absolute Gasteiger partial charge is 0.266 e. The number of fused-ring (bicyclic) bond motifs is 4. The molecule has 0 saturated carbocycles. The molecular formula is C24H22N4O2S.